The van der Waals surface area contributed by atoms with Gasteiger partial charge in [0, 0.05) is 35.2 Å². The van der Waals surface area contributed by atoms with E-state index < -0.39 is 0 Å². The zero-order valence-corrected chi connectivity index (χ0v) is 13.5. The Bertz CT molecular complexity index is 856. The molecule has 4 rings (SSSR count). The molecular formula is C21H22N2. The first-order chi connectivity index (χ1) is 11.3. The minimum atomic E-state index is 0.929. The summed E-state index contributed by atoms with van der Waals surface area (Å²) in [6.07, 6.45) is 3.46. The Morgan fingerprint density at radius 1 is 1.00 bits per heavy atom. The summed E-state index contributed by atoms with van der Waals surface area (Å²) < 4.78 is 2.46. The average Bonchev–Trinajstić information content (AvgIpc) is 2.89. The lowest BCUT2D eigenvalue weighted by Crippen LogP contribution is -2.20. The molecule has 0 saturated carbocycles. The summed E-state index contributed by atoms with van der Waals surface area (Å²) in [6.45, 7) is 5.25. The van der Waals surface area contributed by atoms with Crippen molar-refractivity contribution in [3.63, 3.8) is 0 Å². The molecule has 116 valence electrons. The van der Waals surface area contributed by atoms with E-state index in [0.29, 0.717) is 0 Å². The van der Waals surface area contributed by atoms with Crippen LogP contribution in [0.15, 0.2) is 60.7 Å². The van der Waals surface area contributed by atoms with Crippen molar-refractivity contribution in [2.24, 2.45) is 0 Å². The molecule has 23 heavy (non-hydrogen) atoms. The maximum absolute atomic E-state index is 3.42. The molecule has 0 radical (unpaired) electrons. The van der Waals surface area contributed by atoms with Crippen molar-refractivity contribution in [3.8, 4) is 0 Å². The summed E-state index contributed by atoms with van der Waals surface area (Å²) in [5, 5.41) is 4.80. The molecular weight excluding hydrogens is 280 g/mol. The Morgan fingerprint density at radius 3 is 2.57 bits per heavy atom. The second kappa shape index (κ2) is 6.05. The summed E-state index contributed by atoms with van der Waals surface area (Å²) in [6, 6.07) is 19.5. The second-order valence-electron chi connectivity index (χ2n) is 6.23. The van der Waals surface area contributed by atoms with Crippen LogP contribution in [0.25, 0.3) is 16.5 Å². The lowest BCUT2D eigenvalue weighted by atomic mass is 9.97. The van der Waals surface area contributed by atoms with Crippen molar-refractivity contribution in [1.82, 2.24) is 9.88 Å². The number of rotatable bonds is 3. The van der Waals surface area contributed by atoms with Crippen LogP contribution < -0.4 is 5.32 Å². The predicted molar refractivity (Wildman–Crippen MR) is 97.7 cm³/mol. The Hall–Kier alpha value is -2.32. The number of benzene rings is 2. The zero-order chi connectivity index (χ0) is 15.6. The third-order valence-electron chi connectivity index (χ3n) is 4.80. The van der Waals surface area contributed by atoms with Crippen LogP contribution in [0.3, 0.4) is 0 Å². The van der Waals surface area contributed by atoms with Gasteiger partial charge in [0.2, 0.25) is 0 Å². The summed E-state index contributed by atoms with van der Waals surface area (Å²) in [5.74, 6) is 0. The number of nitrogens with one attached hydrogen (secondary N) is 1. The highest BCUT2D eigenvalue weighted by Gasteiger charge is 2.18. The molecule has 0 spiro atoms. The summed E-state index contributed by atoms with van der Waals surface area (Å²) in [7, 11) is 0. The molecule has 0 atom stereocenters. The molecule has 1 aromatic heterocycles. The molecule has 0 fully saturated rings. The fourth-order valence-electron chi connectivity index (χ4n) is 3.66. The Morgan fingerprint density at radius 2 is 1.78 bits per heavy atom. The van der Waals surface area contributed by atoms with Gasteiger partial charge in [-0.15, -0.1) is 0 Å². The second-order valence-corrected chi connectivity index (χ2v) is 6.23. The molecule has 1 aliphatic rings. The maximum atomic E-state index is 3.42. The maximum Gasteiger partial charge on any atom is 0.0491 e. The number of fused-ring (bicyclic) bond motifs is 1. The number of para-hydroxylation sites is 1. The highest BCUT2D eigenvalue weighted by molar-refractivity contribution is 5.95. The number of nitrogens with zero attached hydrogens (tertiary/aromatic N) is 1. The van der Waals surface area contributed by atoms with Crippen LogP contribution in [0.5, 0.6) is 0 Å². The largest absolute Gasteiger partial charge is 0.340 e. The molecule has 2 aromatic carbocycles. The molecule has 2 heterocycles. The van der Waals surface area contributed by atoms with Gasteiger partial charge in [0.25, 0.3) is 0 Å². The Labute approximate surface area is 137 Å². The Balaban J connectivity index is 1.88. The van der Waals surface area contributed by atoms with E-state index in [1.54, 1.807) is 0 Å². The molecule has 0 bridgehead atoms. The van der Waals surface area contributed by atoms with Gasteiger partial charge in [-0.2, -0.15) is 0 Å². The quantitative estimate of drug-likeness (QED) is 0.760. The number of aromatic nitrogens is 1. The molecule has 3 aromatic rings. The van der Waals surface area contributed by atoms with Crippen LogP contribution in [0.4, 0.5) is 0 Å². The topological polar surface area (TPSA) is 17.0 Å². The average molecular weight is 302 g/mol. The van der Waals surface area contributed by atoms with Crippen molar-refractivity contribution < 1.29 is 0 Å². The van der Waals surface area contributed by atoms with Gasteiger partial charge in [0.05, 0.1) is 0 Å². The first-order valence-corrected chi connectivity index (χ1v) is 8.36. The SMILES string of the molecule is Cc1c(C2=CCNCC2)c2ccccc2n1Cc1ccccc1. The van der Waals surface area contributed by atoms with E-state index in [-0.39, 0.29) is 0 Å². The van der Waals surface area contributed by atoms with Gasteiger partial charge in [-0.05, 0) is 37.1 Å². The first-order valence-electron chi connectivity index (χ1n) is 8.36. The van der Waals surface area contributed by atoms with Crippen molar-refractivity contribution in [2.75, 3.05) is 13.1 Å². The van der Waals surface area contributed by atoms with Crippen molar-refractivity contribution in [1.29, 1.82) is 0 Å². The van der Waals surface area contributed by atoms with Gasteiger partial charge < -0.3 is 9.88 Å². The first kappa shape index (κ1) is 14.3. The van der Waals surface area contributed by atoms with Gasteiger partial charge in [-0.25, -0.2) is 0 Å². The van der Waals surface area contributed by atoms with Gasteiger partial charge in [-0.1, -0.05) is 54.6 Å². The lowest BCUT2D eigenvalue weighted by Gasteiger charge is -2.15. The summed E-state index contributed by atoms with van der Waals surface area (Å²) in [5.41, 5.74) is 7.00. The van der Waals surface area contributed by atoms with E-state index in [0.717, 1.165) is 26.1 Å². The predicted octanol–water partition coefficient (Wildman–Crippen LogP) is 4.37. The molecule has 1 N–H and O–H groups in total. The molecule has 0 aliphatic carbocycles. The fourth-order valence-corrected chi connectivity index (χ4v) is 3.66. The highest BCUT2D eigenvalue weighted by Crippen LogP contribution is 2.34. The third kappa shape index (κ3) is 2.60. The lowest BCUT2D eigenvalue weighted by molar-refractivity contribution is 0.737. The number of hydrogen-bond donors (Lipinski definition) is 1. The van der Waals surface area contributed by atoms with E-state index in [2.05, 4.69) is 77.5 Å². The zero-order valence-electron chi connectivity index (χ0n) is 13.5. The van der Waals surface area contributed by atoms with E-state index in [9.17, 15) is 0 Å². The van der Waals surface area contributed by atoms with E-state index >= 15 is 0 Å². The molecule has 1 aliphatic heterocycles. The van der Waals surface area contributed by atoms with Gasteiger partial charge in [-0.3, -0.25) is 0 Å². The van der Waals surface area contributed by atoms with Crippen LogP contribution in [0, 0.1) is 6.92 Å². The smallest absolute Gasteiger partial charge is 0.0491 e. The highest BCUT2D eigenvalue weighted by atomic mass is 15.0. The monoisotopic (exact) mass is 302 g/mol. The third-order valence-corrected chi connectivity index (χ3v) is 4.80. The molecule has 0 saturated heterocycles. The van der Waals surface area contributed by atoms with Crippen LogP contribution in [0.1, 0.15) is 23.2 Å². The molecule has 2 heteroatoms. The minimum absolute atomic E-state index is 0.929. The van der Waals surface area contributed by atoms with E-state index in [4.69, 9.17) is 0 Å². The van der Waals surface area contributed by atoms with Gasteiger partial charge in [0.15, 0.2) is 0 Å². The molecule has 0 unspecified atom stereocenters. The normalized spacial score (nSPS) is 14.9. The van der Waals surface area contributed by atoms with Crippen molar-refractivity contribution in [3.05, 3.63) is 77.5 Å². The van der Waals surface area contributed by atoms with E-state index in [1.165, 1.54) is 33.3 Å². The van der Waals surface area contributed by atoms with Crippen molar-refractivity contribution >= 4 is 16.5 Å². The van der Waals surface area contributed by atoms with Crippen LogP contribution in [-0.2, 0) is 6.54 Å². The van der Waals surface area contributed by atoms with Crippen molar-refractivity contribution in [2.45, 2.75) is 19.9 Å². The van der Waals surface area contributed by atoms with E-state index in [1.807, 2.05) is 0 Å². The standard InChI is InChI=1S/C21H22N2/c1-16-21(18-11-13-22-14-12-18)19-9-5-6-10-20(19)23(16)15-17-7-3-2-4-8-17/h2-11,22H,12-15H2,1H3. The molecule has 0 amide bonds. The van der Waals surface area contributed by atoms with Gasteiger partial charge >= 0.3 is 0 Å². The van der Waals surface area contributed by atoms with Crippen LogP contribution in [-0.4, -0.2) is 17.7 Å². The van der Waals surface area contributed by atoms with Crippen LogP contribution >= 0.6 is 0 Å². The Kier molecular flexibility index (Phi) is 3.76. The van der Waals surface area contributed by atoms with Crippen LogP contribution in [0.2, 0.25) is 0 Å². The summed E-state index contributed by atoms with van der Waals surface area (Å²) >= 11 is 0. The summed E-state index contributed by atoms with van der Waals surface area (Å²) in [4.78, 5) is 0. The number of hydrogen-bond acceptors (Lipinski definition) is 1. The minimum Gasteiger partial charge on any atom is -0.340 e. The fraction of sp³-hybridized carbons (Fsp3) is 0.238. The van der Waals surface area contributed by atoms with Gasteiger partial charge in [0.1, 0.15) is 0 Å². The molecule has 2 nitrogen and oxygen atoms in total.